The largest absolute Gasteiger partial charge is 0.312 e. The number of rotatable bonds is 3. The van der Waals surface area contributed by atoms with Crippen molar-refractivity contribution in [2.45, 2.75) is 19.4 Å². The van der Waals surface area contributed by atoms with Gasteiger partial charge in [0.1, 0.15) is 5.82 Å². The molecule has 1 aromatic carbocycles. The minimum absolute atomic E-state index is 0.183. The zero-order valence-electron chi connectivity index (χ0n) is 8.47. The van der Waals surface area contributed by atoms with Crippen LogP contribution in [-0.4, -0.2) is 7.05 Å². The highest BCUT2D eigenvalue weighted by Gasteiger charge is 2.06. The molecular formula is C12H14FN. The van der Waals surface area contributed by atoms with Gasteiger partial charge in [0.15, 0.2) is 0 Å². The first-order chi connectivity index (χ1) is 6.77. The van der Waals surface area contributed by atoms with Gasteiger partial charge in [0, 0.05) is 12.5 Å². The van der Waals surface area contributed by atoms with Crippen LogP contribution in [0, 0.1) is 17.7 Å². The molecule has 0 aliphatic rings. The van der Waals surface area contributed by atoms with Crippen LogP contribution in [-0.2, 0) is 0 Å². The van der Waals surface area contributed by atoms with E-state index in [1.165, 1.54) is 12.1 Å². The Hall–Kier alpha value is -1.33. The third-order valence-electron chi connectivity index (χ3n) is 2.10. The SMILES string of the molecule is CC#CCC(NC)c1ccc(F)cc1. The van der Waals surface area contributed by atoms with Gasteiger partial charge in [0.25, 0.3) is 0 Å². The first-order valence-corrected chi connectivity index (χ1v) is 4.60. The number of nitrogens with one attached hydrogen (secondary N) is 1. The maximum Gasteiger partial charge on any atom is 0.123 e. The van der Waals surface area contributed by atoms with Crippen LogP contribution in [0.4, 0.5) is 4.39 Å². The van der Waals surface area contributed by atoms with Crippen molar-refractivity contribution < 1.29 is 4.39 Å². The second-order valence-corrected chi connectivity index (χ2v) is 3.02. The average Bonchev–Trinajstić information content (AvgIpc) is 2.21. The summed E-state index contributed by atoms with van der Waals surface area (Å²) in [6.07, 6.45) is 0.749. The highest BCUT2D eigenvalue weighted by molar-refractivity contribution is 5.21. The highest BCUT2D eigenvalue weighted by atomic mass is 19.1. The molecule has 1 nitrogen and oxygen atoms in total. The van der Waals surface area contributed by atoms with Crippen LogP contribution in [0.25, 0.3) is 0 Å². The minimum atomic E-state index is -0.204. The van der Waals surface area contributed by atoms with Gasteiger partial charge in [0.05, 0.1) is 0 Å². The summed E-state index contributed by atoms with van der Waals surface area (Å²) in [5.41, 5.74) is 1.07. The lowest BCUT2D eigenvalue weighted by molar-refractivity contribution is 0.601. The third kappa shape index (κ3) is 2.86. The number of hydrogen-bond donors (Lipinski definition) is 1. The first kappa shape index (κ1) is 10.7. The van der Waals surface area contributed by atoms with Gasteiger partial charge in [-0.15, -0.1) is 11.8 Å². The van der Waals surface area contributed by atoms with E-state index in [2.05, 4.69) is 17.2 Å². The normalized spacial score (nSPS) is 11.6. The van der Waals surface area contributed by atoms with Crippen molar-refractivity contribution in [1.29, 1.82) is 0 Å². The Kier molecular flexibility index (Phi) is 4.15. The quantitative estimate of drug-likeness (QED) is 0.724. The molecule has 0 bridgehead atoms. The molecule has 0 aliphatic heterocycles. The average molecular weight is 191 g/mol. The number of benzene rings is 1. The Bertz CT molecular complexity index is 332. The summed E-state index contributed by atoms with van der Waals surface area (Å²) in [7, 11) is 1.88. The molecule has 1 atom stereocenters. The molecule has 0 radical (unpaired) electrons. The Morgan fingerprint density at radius 3 is 2.50 bits per heavy atom. The maximum atomic E-state index is 12.7. The van der Waals surface area contributed by atoms with Crippen LogP contribution in [0.2, 0.25) is 0 Å². The standard InChI is InChI=1S/C12H14FN/c1-3-4-5-12(14-2)10-6-8-11(13)9-7-10/h6-9,12,14H,5H2,1-2H3. The summed E-state index contributed by atoms with van der Waals surface area (Å²) in [5, 5.41) is 3.15. The molecule has 0 aromatic heterocycles. The van der Waals surface area contributed by atoms with Crippen molar-refractivity contribution in [3.05, 3.63) is 35.6 Å². The number of hydrogen-bond acceptors (Lipinski definition) is 1. The van der Waals surface area contributed by atoms with E-state index >= 15 is 0 Å². The molecule has 74 valence electrons. The van der Waals surface area contributed by atoms with Gasteiger partial charge in [-0.3, -0.25) is 0 Å². The Balaban J connectivity index is 2.76. The lowest BCUT2D eigenvalue weighted by atomic mass is 10.0. The van der Waals surface area contributed by atoms with Crippen LogP contribution in [0.15, 0.2) is 24.3 Å². The monoisotopic (exact) mass is 191 g/mol. The van der Waals surface area contributed by atoms with Crippen LogP contribution >= 0.6 is 0 Å². The van der Waals surface area contributed by atoms with E-state index in [-0.39, 0.29) is 11.9 Å². The van der Waals surface area contributed by atoms with Gasteiger partial charge >= 0.3 is 0 Å². The van der Waals surface area contributed by atoms with E-state index < -0.39 is 0 Å². The van der Waals surface area contributed by atoms with E-state index in [0.717, 1.165) is 12.0 Å². The molecule has 1 unspecified atom stereocenters. The molecule has 0 saturated carbocycles. The lowest BCUT2D eigenvalue weighted by Crippen LogP contribution is -2.15. The summed E-state index contributed by atoms with van der Waals surface area (Å²) in [6.45, 7) is 1.82. The van der Waals surface area contributed by atoms with Crippen molar-refractivity contribution in [2.24, 2.45) is 0 Å². The van der Waals surface area contributed by atoms with Crippen LogP contribution in [0.1, 0.15) is 24.9 Å². The Labute approximate surface area is 84.3 Å². The van der Waals surface area contributed by atoms with E-state index in [1.807, 2.05) is 14.0 Å². The molecule has 0 amide bonds. The summed E-state index contributed by atoms with van der Waals surface area (Å²) in [4.78, 5) is 0. The zero-order valence-corrected chi connectivity index (χ0v) is 8.47. The molecule has 1 rings (SSSR count). The molecule has 14 heavy (non-hydrogen) atoms. The zero-order chi connectivity index (χ0) is 10.4. The molecule has 0 spiro atoms. The summed E-state index contributed by atoms with van der Waals surface area (Å²) in [6, 6.07) is 6.70. The van der Waals surface area contributed by atoms with Gasteiger partial charge in [-0.1, -0.05) is 12.1 Å². The van der Waals surface area contributed by atoms with E-state index in [0.29, 0.717) is 0 Å². The third-order valence-corrected chi connectivity index (χ3v) is 2.10. The van der Waals surface area contributed by atoms with Gasteiger partial charge in [-0.05, 0) is 31.7 Å². The minimum Gasteiger partial charge on any atom is -0.312 e. The van der Waals surface area contributed by atoms with Crippen molar-refractivity contribution in [3.8, 4) is 11.8 Å². The molecule has 1 aromatic rings. The van der Waals surface area contributed by atoms with Crippen molar-refractivity contribution in [3.63, 3.8) is 0 Å². The fraction of sp³-hybridized carbons (Fsp3) is 0.333. The van der Waals surface area contributed by atoms with Crippen LogP contribution < -0.4 is 5.32 Å². The van der Waals surface area contributed by atoms with Gasteiger partial charge in [-0.2, -0.15) is 0 Å². The van der Waals surface area contributed by atoms with Gasteiger partial charge in [0.2, 0.25) is 0 Å². The topological polar surface area (TPSA) is 12.0 Å². The fourth-order valence-electron chi connectivity index (χ4n) is 1.29. The highest BCUT2D eigenvalue weighted by Crippen LogP contribution is 2.15. The summed E-state index contributed by atoms with van der Waals surface area (Å²) >= 11 is 0. The smallest absolute Gasteiger partial charge is 0.123 e. The molecule has 0 saturated heterocycles. The number of halogens is 1. The lowest BCUT2D eigenvalue weighted by Gasteiger charge is -2.13. The second-order valence-electron chi connectivity index (χ2n) is 3.02. The molecule has 1 N–H and O–H groups in total. The first-order valence-electron chi connectivity index (χ1n) is 4.60. The van der Waals surface area contributed by atoms with Crippen molar-refractivity contribution in [1.82, 2.24) is 5.32 Å². The molecule has 0 fully saturated rings. The van der Waals surface area contributed by atoms with Gasteiger partial charge < -0.3 is 5.32 Å². The Morgan fingerprint density at radius 1 is 1.36 bits per heavy atom. The Morgan fingerprint density at radius 2 is 2.00 bits per heavy atom. The molecular weight excluding hydrogens is 177 g/mol. The molecule has 0 aliphatic carbocycles. The van der Waals surface area contributed by atoms with Crippen LogP contribution in [0.3, 0.4) is 0 Å². The van der Waals surface area contributed by atoms with E-state index in [9.17, 15) is 4.39 Å². The summed E-state index contributed by atoms with van der Waals surface area (Å²) in [5.74, 6) is 5.65. The van der Waals surface area contributed by atoms with Crippen molar-refractivity contribution in [2.75, 3.05) is 7.05 Å². The van der Waals surface area contributed by atoms with Crippen LogP contribution in [0.5, 0.6) is 0 Å². The van der Waals surface area contributed by atoms with Crippen molar-refractivity contribution >= 4 is 0 Å². The van der Waals surface area contributed by atoms with Gasteiger partial charge in [-0.25, -0.2) is 4.39 Å². The van der Waals surface area contributed by atoms with E-state index in [4.69, 9.17) is 0 Å². The fourth-order valence-corrected chi connectivity index (χ4v) is 1.29. The summed E-state index contributed by atoms with van der Waals surface area (Å²) < 4.78 is 12.7. The van der Waals surface area contributed by atoms with E-state index in [1.54, 1.807) is 12.1 Å². The maximum absolute atomic E-state index is 12.7. The molecule has 2 heteroatoms. The second kappa shape index (κ2) is 5.41. The predicted octanol–water partition coefficient (Wildman–Crippen LogP) is 2.50. The predicted molar refractivity (Wildman–Crippen MR) is 56.3 cm³/mol. The molecule has 0 heterocycles.